The van der Waals surface area contributed by atoms with Crippen LogP contribution in [0.2, 0.25) is 0 Å². The van der Waals surface area contributed by atoms with Crippen molar-refractivity contribution in [2.45, 2.75) is 38.1 Å². The second-order valence-electron chi connectivity index (χ2n) is 8.60. The summed E-state index contributed by atoms with van der Waals surface area (Å²) >= 11 is 0. The molecule has 1 aliphatic rings. The number of sulfonamides is 1. The van der Waals surface area contributed by atoms with Crippen LogP contribution in [0.15, 0.2) is 71.6 Å². The van der Waals surface area contributed by atoms with Crippen molar-refractivity contribution in [2.75, 3.05) is 22.7 Å². The number of carbonyl (C=O) groups excluding carboxylic acids is 1. The van der Waals surface area contributed by atoms with E-state index in [-0.39, 0.29) is 22.7 Å². The van der Waals surface area contributed by atoms with Gasteiger partial charge in [0.2, 0.25) is 0 Å². The van der Waals surface area contributed by atoms with Crippen molar-refractivity contribution in [1.29, 1.82) is 0 Å². The number of amides is 2. The van der Waals surface area contributed by atoms with Crippen LogP contribution in [0.5, 0.6) is 0 Å². The average Bonchev–Trinajstić information content (AvgIpc) is 2.81. The summed E-state index contributed by atoms with van der Waals surface area (Å²) in [5, 5.41) is 0. The van der Waals surface area contributed by atoms with Crippen LogP contribution in [-0.4, -0.2) is 32.4 Å². The van der Waals surface area contributed by atoms with Crippen molar-refractivity contribution < 1.29 is 17.6 Å². The number of hydrogen-bond donors (Lipinski definition) is 1. The molecule has 1 fully saturated rings. The van der Waals surface area contributed by atoms with Crippen LogP contribution in [0, 0.1) is 19.7 Å². The quantitative estimate of drug-likeness (QED) is 0.496. The smallest absolute Gasteiger partial charge is 0.318 e. The predicted octanol–water partition coefficient (Wildman–Crippen LogP) is 5.64. The first kappa shape index (κ1) is 23.8. The van der Waals surface area contributed by atoms with Gasteiger partial charge in [0, 0.05) is 13.1 Å². The molecule has 3 aromatic carbocycles. The first-order valence-electron chi connectivity index (χ1n) is 11.2. The van der Waals surface area contributed by atoms with Gasteiger partial charge in [0.1, 0.15) is 5.82 Å². The Morgan fingerprint density at radius 2 is 1.71 bits per heavy atom. The van der Waals surface area contributed by atoms with Crippen LogP contribution >= 0.6 is 0 Å². The minimum absolute atomic E-state index is 0.127. The molecular weight excluding hydrogens is 453 g/mol. The summed E-state index contributed by atoms with van der Waals surface area (Å²) in [6.45, 7) is 6.48. The monoisotopic (exact) mass is 481 g/mol. The van der Waals surface area contributed by atoms with E-state index in [9.17, 15) is 17.6 Å². The molecule has 6 nitrogen and oxygen atoms in total. The maximum Gasteiger partial charge on any atom is 0.325 e. The van der Waals surface area contributed by atoms with Gasteiger partial charge in [0.05, 0.1) is 22.3 Å². The van der Waals surface area contributed by atoms with Gasteiger partial charge >= 0.3 is 6.03 Å². The molecule has 1 heterocycles. The fraction of sp³-hybridized carbons (Fsp3) is 0.269. The molecule has 34 heavy (non-hydrogen) atoms. The zero-order valence-corrected chi connectivity index (χ0v) is 20.3. The van der Waals surface area contributed by atoms with Crippen molar-refractivity contribution in [2.24, 2.45) is 0 Å². The number of hydrogen-bond acceptors (Lipinski definition) is 3. The summed E-state index contributed by atoms with van der Waals surface area (Å²) in [4.78, 5) is 16.8. The Morgan fingerprint density at radius 1 is 0.971 bits per heavy atom. The van der Waals surface area contributed by atoms with E-state index in [2.05, 4.69) is 4.72 Å². The molecule has 178 valence electrons. The number of carbonyl (C=O) groups is 1. The minimum Gasteiger partial charge on any atom is -0.318 e. The van der Waals surface area contributed by atoms with Gasteiger partial charge in [-0.3, -0.25) is 9.62 Å². The van der Waals surface area contributed by atoms with E-state index < -0.39 is 15.8 Å². The molecule has 1 atom stereocenters. The first-order valence-corrected chi connectivity index (χ1v) is 12.7. The van der Waals surface area contributed by atoms with E-state index >= 15 is 0 Å². The Labute approximate surface area is 200 Å². The summed E-state index contributed by atoms with van der Waals surface area (Å²) in [6.07, 6.45) is 0.742. The molecule has 1 aliphatic heterocycles. The van der Waals surface area contributed by atoms with Crippen molar-refractivity contribution in [3.63, 3.8) is 0 Å². The van der Waals surface area contributed by atoms with E-state index in [0.717, 1.165) is 23.6 Å². The molecular formula is C26H28FN3O3S. The Morgan fingerprint density at radius 3 is 2.41 bits per heavy atom. The van der Waals surface area contributed by atoms with E-state index in [1.807, 2.05) is 50.2 Å². The van der Waals surface area contributed by atoms with E-state index in [1.165, 1.54) is 12.1 Å². The Balaban J connectivity index is 1.66. The average molecular weight is 482 g/mol. The zero-order valence-electron chi connectivity index (χ0n) is 19.5. The number of benzene rings is 3. The van der Waals surface area contributed by atoms with Gasteiger partial charge in [0.15, 0.2) is 0 Å². The maximum atomic E-state index is 14.0. The molecule has 0 radical (unpaired) electrons. The molecule has 0 aromatic heterocycles. The van der Waals surface area contributed by atoms with E-state index in [1.54, 1.807) is 28.9 Å². The summed E-state index contributed by atoms with van der Waals surface area (Å²) < 4.78 is 42.7. The fourth-order valence-corrected chi connectivity index (χ4v) is 5.23. The molecule has 0 aliphatic carbocycles. The summed E-state index contributed by atoms with van der Waals surface area (Å²) in [7, 11) is -4.06. The molecule has 2 amide bonds. The highest BCUT2D eigenvalue weighted by Gasteiger charge is 2.32. The Bertz CT molecular complexity index is 1310. The van der Waals surface area contributed by atoms with Crippen molar-refractivity contribution in [1.82, 2.24) is 4.90 Å². The molecule has 0 spiro atoms. The highest BCUT2D eigenvalue weighted by molar-refractivity contribution is 7.92. The van der Waals surface area contributed by atoms with E-state index in [4.69, 9.17) is 0 Å². The van der Waals surface area contributed by atoms with Crippen LogP contribution in [0.3, 0.4) is 0 Å². The lowest BCUT2D eigenvalue weighted by Gasteiger charge is -2.39. The van der Waals surface area contributed by atoms with Crippen LogP contribution in [0.25, 0.3) is 0 Å². The molecule has 0 bridgehead atoms. The van der Waals surface area contributed by atoms with Crippen molar-refractivity contribution >= 4 is 27.4 Å². The number of nitrogens with zero attached hydrogens (tertiary/aromatic N) is 2. The van der Waals surface area contributed by atoms with Gasteiger partial charge in [-0.1, -0.05) is 42.5 Å². The fourth-order valence-electron chi connectivity index (χ4n) is 4.15. The molecule has 0 saturated carbocycles. The third-order valence-electron chi connectivity index (χ3n) is 6.15. The lowest BCUT2D eigenvalue weighted by molar-refractivity contribution is 0.175. The second kappa shape index (κ2) is 9.46. The first-order chi connectivity index (χ1) is 16.2. The number of rotatable bonds is 6. The van der Waals surface area contributed by atoms with Gasteiger partial charge in [-0.25, -0.2) is 17.6 Å². The minimum atomic E-state index is -4.06. The van der Waals surface area contributed by atoms with Crippen LogP contribution in [-0.2, 0) is 10.0 Å². The third-order valence-corrected chi connectivity index (χ3v) is 7.51. The topological polar surface area (TPSA) is 69.7 Å². The molecule has 8 heteroatoms. The maximum absolute atomic E-state index is 14.0. The van der Waals surface area contributed by atoms with Crippen LogP contribution in [0.1, 0.15) is 36.1 Å². The summed E-state index contributed by atoms with van der Waals surface area (Å²) in [5.74, 6) is -0.593. The second-order valence-corrected chi connectivity index (χ2v) is 10.3. The third kappa shape index (κ3) is 4.77. The zero-order chi connectivity index (χ0) is 24.5. The SMILES string of the molecule is Cc1ccc(N2CCCN(C(C)c3ccccc3)C2=O)c(NS(=O)(=O)c2ccc(C)c(F)c2)c1. The standard InChI is InChI=1S/C26H28FN3O3S/c1-18-10-13-25(24(16-18)28-34(32,33)22-12-11-19(2)23(27)17-22)30-15-7-14-29(26(30)31)20(3)21-8-5-4-6-9-21/h4-6,8-13,16-17,20,28H,7,14-15H2,1-3H3. The van der Waals surface area contributed by atoms with Gasteiger partial charge in [-0.2, -0.15) is 0 Å². The predicted molar refractivity (Wildman–Crippen MR) is 132 cm³/mol. The Hall–Kier alpha value is -3.39. The van der Waals surface area contributed by atoms with Crippen molar-refractivity contribution in [3.05, 3.63) is 89.2 Å². The van der Waals surface area contributed by atoms with Crippen LogP contribution in [0.4, 0.5) is 20.6 Å². The van der Waals surface area contributed by atoms with Gasteiger partial charge in [-0.15, -0.1) is 0 Å². The Kier molecular flexibility index (Phi) is 6.61. The summed E-state index contributed by atoms with van der Waals surface area (Å²) in [6, 6.07) is 18.6. The molecule has 3 aromatic rings. The number of anilines is 2. The number of halogens is 1. The lowest BCUT2D eigenvalue weighted by atomic mass is 10.1. The number of urea groups is 1. The van der Waals surface area contributed by atoms with Crippen LogP contribution < -0.4 is 9.62 Å². The molecule has 4 rings (SSSR count). The molecule has 1 unspecified atom stereocenters. The highest BCUT2D eigenvalue weighted by atomic mass is 32.2. The van der Waals surface area contributed by atoms with Crippen molar-refractivity contribution in [3.8, 4) is 0 Å². The largest absolute Gasteiger partial charge is 0.325 e. The lowest BCUT2D eigenvalue weighted by Crippen LogP contribution is -2.50. The molecule has 1 saturated heterocycles. The van der Waals surface area contributed by atoms with Gasteiger partial charge in [-0.05, 0) is 68.1 Å². The summed E-state index contributed by atoms with van der Waals surface area (Å²) in [5.41, 5.74) is 2.97. The van der Waals surface area contributed by atoms with Gasteiger partial charge in [0.25, 0.3) is 10.0 Å². The number of aryl methyl sites for hydroxylation is 2. The normalized spacial score (nSPS) is 15.4. The number of nitrogens with one attached hydrogen (secondary N) is 1. The van der Waals surface area contributed by atoms with E-state index in [0.29, 0.717) is 24.3 Å². The molecule has 1 N–H and O–H groups in total. The van der Waals surface area contributed by atoms with Gasteiger partial charge < -0.3 is 4.90 Å². The highest BCUT2D eigenvalue weighted by Crippen LogP contribution is 2.34.